The number of nitrogens with one attached hydrogen (secondary N) is 2. The van der Waals surface area contributed by atoms with Crippen LogP contribution in [0.3, 0.4) is 0 Å². The smallest absolute Gasteiger partial charge is 0.251 e. The highest BCUT2D eigenvalue weighted by atomic mass is 32.2. The van der Waals surface area contributed by atoms with Crippen molar-refractivity contribution in [3.63, 3.8) is 0 Å². The molecule has 0 aliphatic carbocycles. The Kier molecular flexibility index (Phi) is 7.17. The van der Waals surface area contributed by atoms with Crippen LogP contribution in [0.1, 0.15) is 28.8 Å². The van der Waals surface area contributed by atoms with Crippen LogP contribution in [0, 0.1) is 0 Å². The number of ether oxygens (including phenoxy) is 1. The van der Waals surface area contributed by atoms with E-state index >= 15 is 0 Å². The van der Waals surface area contributed by atoms with Crippen LogP contribution in [-0.4, -0.2) is 57.6 Å². The highest BCUT2D eigenvalue weighted by molar-refractivity contribution is 7.92. The monoisotopic (exact) mass is 445 g/mol. The lowest BCUT2D eigenvalue weighted by Gasteiger charge is -2.32. The van der Waals surface area contributed by atoms with Crippen molar-refractivity contribution < 1.29 is 22.7 Å². The van der Waals surface area contributed by atoms with Gasteiger partial charge in [0.05, 0.1) is 19.8 Å². The van der Waals surface area contributed by atoms with Gasteiger partial charge in [-0.2, -0.15) is 0 Å². The van der Waals surface area contributed by atoms with Crippen LogP contribution in [0.5, 0.6) is 5.75 Å². The Hall–Kier alpha value is -3.07. The maximum absolute atomic E-state index is 12.6. The van der Waals surface area contributed by atoms with E-state index in [1.54, 1.807) is 31.4 Å². The number of hydrogen-bond acceptors (Lipinski definition) is 5. The summed E-state index contributed by atoms with van der Waals surface area (Å²) in [5.74, 6) is 0.617. The lowest BCUT2D eigenvalue weighted by Crippen LogP contribution is -2.47. The Bertz CT molecular complexity index is 1010. The molecule has 2 N–H and O–H groups in total. The zero-order valence-corrected chi connectivity index (χ0v) is 18.4. The average molecular weight is 446 g/mol. The fraction of sp³-hybridized carbons (Fsp3) is 0.364. The third-order valence-corrected chi connectivity index (χ3v) is 5.75. The number of carbonyl (C=O) groups is 2. The van der Waals surface area contributed by atoms with Crippen molar-refractivity contribution in [3.05, 3.63) is 59.7 Å². The Balaban J connectivity index is 1.46. The predicted molar refractivity (Wildman–Crippen MR) is 119 cm³/mol. The van der Waals surface area contributed by atoms with Gasteiger partial charge in [-0.3, -0.25) is 14.3 Å². The number of nitrogens with zero attached hydrogens (tertiary/aromatic N) is 1. The molecule has 1 heterocycles. The number of sulfonamides is 1. The standard InChI is InChI=1S/C22H27N3O5S/c1-30-20-9-3-16(4-10-20)15-21(26)25-13-11-18(12-14-25)23-22(27)17-5-7-19(8-6-17)24-31(2,28)29/h3-10,18,24H,11-15H2,1-2H3,(H,23,27). The normalized spacial score (nSPS) is 14.7. The molecule has 0 atom stereocenters. The van der Waals surface area contributed by atoms with E-state index in [-0.39, 0.29) is 17.9 Å². The summed E-state index contributed by atoms with van der Waals surface area (Å²) in [7, 11) is -1.75. The van der Waals surface area contributed by atoms with Gasteiger partial charge < -0.3 is 15.0 Å². The van der Waals surface area contributed by atoms with Crippen molar-refractivity contribution in [2.45, 2.75) is 25.3 Å². The molecule has 8 nitrogen and oxygen atoms in total. The first-order valence-corrected chi connectivity index (χ1v) is 11.9. The lowest BCUT2D eigenvalue weighted by molar-refractivity contribution is -0.131. The second kappa shape index (κ2) is 9.82. The number of rotatable bonds is 7. The molecule has 9 heteroatoms. The maximum atomic E-state index is 12.6. The average Bonchev–Trinajstić information content (AvgIpc) is 2.74. The minimum absolute atomic E-state index is 0.00800. The van der Waals surface area contributed by atoms with Crippen LogP contribution < -0.4 is 14.8 Å². The summed E-state index contributed by atoms with van der Waals surface area (Å²) >= 11 is 0. The molecular weight excluding hydrogens is 418 g/mol. The van der Waals surface area contributed by atoms with Gasteiger partial charge in [0.2, 0.25) is 15.9 Å². The number of benzene rings is 2. The topological polar surface area (TPSA) is 105 Å². The van der Waals surface area contributed by atoms with Crippen molar-refractivity contribution in [3.8, 4) is 5.75 Å². The highest BCUT2D eigenvalue weighted by Crippen LogP contribution is 2.16. The first kappa shape index (κ1) is 22.6. The van der Waals surface area contributed by atoms with Gasteiger partial charge in [-0.1, -0.05) is 12.1 Å². The number of hydrogen-bond donors (Lipinski definition) is 2. The van der Waals surface area contributed by atoms with E-state index in [2.05, 4.69) is 10.0 Å². The first-order valence-electron chi connectivity index (χ1n) is 10.0. The van der Waals surface area contributed by atoms with Gasteiger partial charge in [0, 0.05) is 30.4 Å². The number of likely N-dealkylation sites (tertiary alicyclic amines) is 1. The van der Waals surface area contributed by atoms with Crippen molar-refractivity contribution in [1.29, 1.82) is 0 Å². The van der Waals surface area contributed by atoms with E-state index in [9.17, 15) is 18.0 Å². The summed E-state index contributed by atoms with van der Waals surface area (Å²) in [4.78, 5) is 26.9. The molecule has 2 aromatic rings. The number of piperidine rings is 1. The van der Waals surface area contributed by atoms with Crippen molar-refractivity contribution >= 4 is 27.5 Å². The molecule has 0 radical (unpaired) electrons. The van der Waals surface area contributed by atoms with E-state index < -0.39 is 10.0 Å². The van der Waals surface area contributed by atoms with Gasteiger partial charge in [0.15, 0.2) is 0 Å². The molecule has 0 unspecified atom stereocenters. The van der Waals surface area contributed by atoms with Crippen molar-refractivity contribution in [2.24, 2.45) is 0 Å². The molecule has 0 bridgehead atoms. The fourth-order valence-corrected chi connectivity index (χ4v) is 4.04. The zero-order chi connectivity index (χ0) is 22.4. The van der Waals surface area contributed by atoms with Crippen LogP contribution in [0.25, 0.3) is 0 Å². The van der Waals surface area contributed by atoms with E-state index in [0.29, 0.717) is 43.6 Å². The largest absolute Gasteiger partial charge is 0.497 e. The minimum atomic E-state index is -3.36. The Morgan fingerprint density at radius 3 is 2.19 bits per heavy atom. The molecule has 0 saturated carbocycles. The predicted octanol–water partition coefficient (Wildman–Crippen LogP) is 2.03. The van der Waals surface area contributed by atoms with E-state index in [4.69, 9.17) is 4.74 Å². The van der Waals surface area contributed by atoms with E-state index in [1.165, 1.54) is 0 Å². The minimum Gasteiger partial charge on any atom is -0.497 e. The van der Waals surface area contributed by atoms with Gasteiger partial charge in [-0.15, -0.1) is 0 Å². The van der Waals surface area contributed by atoms with Gasteiger partial charge in [0.1, 0.15) is 5.75 Å². The number of carbonyl (C=O) groups excluding carboxylic acids is 2. The molecule has 1 saturated heterocycles. The number of amides is 2. The zero-order valence-electron chi connectivity index (χ0n) is 17.6. The van der Waals surface area contributed by atoms with Crippen LogP contribution in [-0.2, 0) is 21.2 Å². The maximum Gasteiger partial charge on any atom is 0.251 e. The molecule has 2 aromatic carbocycles. The van der Waals surface area contributed by atoms with Crippen molar-refractivity contribution in [2.75, 3.05) is 31.2 Å². The fourth-order valence-electron chi connectivity index (χ4n) is 3.48. The molecule has 1 fully saturated rings. The van der Waals surface area contributed by atoms with Crippen LogP contribution >= 0.6 is 0 Å². The summed E-state index contributed by atoms with van der Waals surface area (Å²) in [6.07, 6.45) is 2.79. The van der Waals surface area contributed by atoms with Crippen LogP contribution in [0.2, 0.25) is 0 Å². The molecule has 1 aliphatic rings. The second-order valence-electron chi connectivity index (χ2n) is 7.60. The summed E-state index contributed by atoms with van der Waals surface area (Å²) in [5.41, 5.74) is 1.80. The van der Waals surface area contributed by atoms with Crippen molar-refractivity contribution in [1.82, 2.24) is 10.2 Å². The summed E-state index contributed by atoms with van der Waals surface area (Å²) in [6.45, 7) is 1.19. The second-order valence-corrected chi connectivity index (χ2v) is 9.35. The molecule has 1 aliphatic heterocycles. The summed E-state index contributed by atoms with van der Waals surface area (Å²) < 4.78 is 30.0. The van der Waals surface area contributed by atoms with Crippen LogP contribution in [0.4, 0.5) is 5.69 Å². The van der Waals surface area contributed by atoms with E-state index in [0.717, 1.165) is 17.6 Å². The molecule has 0 spiro atoms. The summed E-state index contributed by atoms with van der Waals surface area (Å²) in [6, 6.07) is 13.7. The SMILES string of the molecule is COc1ccc(CC(=O)N2CCC(NC(=O)c3ccc(NS(C)(=O)=O)cc3)CC2)cc1. The van der Waals surface area contributed by atoms with Gasteiger partial charge in [-0.05, 0) is 54.8 Å². The molecule has 2 amide bonds. The number of anilines is 1. The lowest BCUT2D eigenvalue weighted by atomic mass is 10.0. The highest BCUT2D eigenvalue weighted by Gasteiger charge is 2.24. The van der Waals surface area contributed by atoms with Gasteiger partial charge in [-0.25, -0.2) is 8.42 Å². The van der Waals surface area contributed by atoms with Gasteiger partial charge in [0.25, 0.3) is 5.91 Å². The number of methoxy groups -OCH3 is 1. The Morgan fingerprint density at radius 1 is 1.03 bits per heavy atom. The van der Waals surface area contributed by atoms with Crippen LogP contribution in [0.15, 0.2) is 48.5 Å². The molecule has 3 rings (SSSR count). The third kappa shape index (κ3) is 6.71. The molecule has 31 heavy (non-hydrogen) atoms. The molecule has 166 valence electrons. The first-order chi connectivity index (χ1) is 14.7. The van der Waals surface area contributed by atoms with Gasteiger partial charge >= 0.3 is 0 Å². The Labute approximate surface area is 182 Å². The van der Waals surface area contributed by atoms with E-state index in [1.807, 2.05) is 29.2 Å². The Morgan fingerprint density at radius 2 is 1.65 bits per heavy atom. The summed E-state index contributed by atoms with van der Waals surface area (Å²) in [5, 5.41) is 3.00. The molecular formula is C22H27N3O5S. The molecule has 0 aromatic heterocycles. The third-order valence-electron chi connectivity index (χ3n) is 5.15. The quantitative estimate of drug-likeness (QED) is 0.679.